The average Bonchev–Trinajstić information content (AvgIpc) is 2.04. The fourth-order valence-electron chi connectivity index (χ4n) is 0.773. The smallest absolute Gasteiger partial charge is 0.271 e. The monoisotopic (exact) mass is 199 g/mol. The van der Waals surface area contributed by atoms with E-state index in [-0.39, 0.29) is 22.8 Å². The molecule has 1 heterocycles. The molecule has 70 valence electrons. The zero-order valence-electron chi connectivity index (χ0n) is 7.41. The molecule has 0 saturated heterocycles. The Bertz CT molecular complexity index is 297. The minimum Gasteiger partial charge on any atom is -0.348 e. The molecule has 0 radical (unpaired) electrons. The predicted molar refractivity (Wildman–Crippen MR) is 49.6 cm³/mol. The number of nitrogens with zero attached hydrogens (tertiary/aromatic N) is 2. The van der Waals surface area contributed by atoms with Gasteiger partial charge < -0.3 is 5.32 Å². The molecule has 0 aliphatic carbocycles. The third-order valence-electron chi connectivity index (χ3n) is 1.28. The van der Waals surface area contributed by atoms with Crippen molar-refractivity contribution >= 4 is 17.5 Å². The number of carbonyl (C=O) groups excluding carboxylic acids is 1. The second kappa shape index (κ2) is 4.18. The van der Waals surface area contributed by atoms with Crippen LogP contribution in [-0.4, -0.2) is 22.1 Å². The summed E-state index contributed by atoms with van der Waals surface area (Å²) in [6, 6.07) is 3.15. The lowest BCUT2D eigenvalue weighted by Gasteiger charge is -2.06. The van der Waals surface area contributed by atoms with Gasteiger partial charge in [-0.3, -0.25) is 4.79 Å². The van der Waals surface area contributed by atoms with Crippen molar-refractivity contribution in [2.75, 3.05) is 0 Å². The van der Waals surface area contributed by atoms with Crippen LogP contribution in [0.15, 0.2) is 12.1 Å². The van der Waals surface area contributed by atoms with Crippen LogP contribution in [0.3, 0.4) is 0 Å². The normalized spacial score (nSPS) is 10.2. The lowest BCUT2D eigenvalue weighted by atomic mass is 10.3. The van der Waals surface area contributed by atoms with E-state index in [2.05, 4.69) is 15.5 Å². The molecule has 0 aliphatic rings. The standard InChI is InChI=1S/C8H10ClN3O/c1-5(2)10-8(13)6-3-4-7(9)12-11-6/h3-5H,1-2H3,(H,10,13). The van der Waals surface area contributed by atoms with Crippen LogP contribution in [0.2, 0.25) is 5.15 Å². The topological polar surface area (TPSA) is 54.9 Å². The van der Waals surface area contributed by atoms with Gasteiger partial charge in [0.25, 0.3) is 5.91 Å². The first-order chi connectivity index (χ1) is 6.09. The van der Waals surface area contributed by atoms with Crippen molar-refractivity contribution in [3.05, 3.63) is 23.0 Å². The van der Waals surface area contributed by atoms with E-state index in [0.29, 0.717) is 0 Å². The molecule has 0 unspecified atom stereocenters. The average molecular weight is 200 g/mol. The fourth-order valence-corrected chi connectivity index (χ4v) is 0.874. The highest BCUT2D eigenvalue weighted by Crippen LogP contribution is 2.01. The summed E-state index contributed by atoms with van der Waals surface area (Å²) in [6.07, 6.45) is 0. The molecule has 13 heavy (non-hydrogen) atoms. The molecule has 0 atom stereocenters. The van der Waals surface area contributed by atoms with Gasteiger partial charge in [0.2, 0.25) is 0 Å². The molecule has 0 bridgehead atoms. The van der Waals surface area contributed by atoms with Gasteiger partial charge in [0.15, 0.2) is 10.8 Å². The highest BCUT2D eigenvalue weighted by Gasteiger charge is 2.08. The van der Waals surface area contributed by atoms with Crippen molar-refractivity contribution in [1.82, 2.24) is 15.5 Å². The number of rotatable bonds is 2. The third-order valence-corrected chi connectivity index (χ3v) is 1.49. The van der Waals surface area contributed by atoms with Gasteiger partial charge in [0.05, 0.1) is 0 Å². The van der Waals surface area contributed by atoms with Crippen molar-refractivity contribution in [2.24, 2.45) is 0 Å². The summed E-state index contributed by atoms with van der Waals surface area (Å²) in [6.45, 7) is 3.75. The molecule has 1 rings (SSSR count). The van der Waals surface area contributed by atoms with Gasteiger partial charge in [0, 0.05) is 6.04 Å². The Labute approximate surface area is 81.3 Å². The molecule has 0 saturated carbocycles. The van der Waals surface area contributed by atoms with Gasteiger partial charge in [-0.25, -0.2) is 0 Å². The van der Waals surface area contributed by atoms with Gasteiger partial charge in [-0.15, -0.1) is 10.2 Å². The number of aromatic nitrogens is 2. The molecule has 1 aromatic rings. The van der Waals surface area contributed by atoms with Crippen LogP contribution >= 0.6 is 11.6 Å². The summed E-state index contributed by atoms with van der Waals surface area (Å²) in [5.41, 5.74) is 0.276. The van der Waals surface area contributed by atoms with E-state index >= 15 is 0 Å². The molecule has 4 nitrogen and oxygen atoms in total. The van der Waals surface area contributed by atoms with E-state index in [1.54, 1.807) is 0 Å². The van der Waals surface area contributed by atoms with Gasteiger partial charge in [0.1, 0.15) is 0 Å². The van der Waals surface area contributed by atoms with Crippen molar-refractivity contribution in [2.45, 2.75) is 19.9 Å². The van der Waals surface area contributed by atoms with E-state index < -0.39 is 0 Å². The van der Waals surface area contributed by atoms with Crippen molar-refractivity contribution in [3.63, 3.8) is 0 Å². The van der Waals surface area contributed by atoms with Crippen LogP contribution in [0, 0.1) is 0 Å². The maximum atomic E-state index is 11.3. The van der Waals surface area contributed by atoms with Crippen molar-refractivity contribution in [1.29, 1.82) is 0 Å². The molecule has 5 heteroatoms. The van der Waals surface area contributed by atoms with Crippen LogP contribution in [0.4, 0.5) is 0 Å². The third kappa shape index (κ3) is 2.99. The van der Waals surface area contributed by atoms with E-state index in [9.17, 15) is 4.79 Å². The quantitative estimate of drug-likeness (QED) is 0.781. The Morgan fingerprint density at radius 2 is 2.15 bits per heavy atom. The second-order valence-electron chi connectivity index (χ2n) is 2.87. The number of nitrogens with one attached hydrogen (secondary N) is 1. The minimum atomic E-state index is -0.237. The zero-order valence-corrected chi connectivity index (χ0v) is 8.17. The van der Waals surface area contributed by atoms with E-state index in [1.807, 2.05) is 13.8 Å². The highest BCUT2D eigenvalue weighted by atomic mass is 35.5. The van der Waals surface area contributed by atoms with Crippen LogP contribution in [0.1, 0.15) is 24.3 Å². The molecule has 1 amide bonds. The SMILES string of the molecule is CC(C)NC(=O)c1ccc(Cl)nn1. The summed E-state index contributed by atoms with van der Waals surface area (Å²) in [5.74, 6) is -0.237. The van der Waals surface area contributed by atoms with E-state index in [1.165, 1.54) is 12.1 Å². The summed E-state index contributed by atoms with van der Waals surface area (Å²) < 4.78 is 0. The number of carbonyl (C=O) groups is 1. The Morgan fingerprint density at radius 1 is 1.46 bits per heavy atom. The summed E-state index contributed by atoms with van der Waals surface area (Å²) in [5, 5.41) is 10.2. The van der Waals surface area contributed by atoms with Crippen LogP contribution in [-0.2, 0) is 0 Å². The van der Waals surface area contributed by atoms with Crippen LogP contribution in [0.5, 0.6) is 0 Å². The lowest BCUT2D eigenvalue weighted by Crippen LogP contribution is -2.30. The van der Waals surface area contributed by atoms with Crippen LogP contribution in [0.25, 0.3) is 0 Å². The molecule has 0 aliphatic heterocycles. The molecular formula is C8H10ClN3O. The Kier molecular flexibility index (Phi) is 3.19. The van der Waals surface area contributed by atoms with Gasteiger partial charge in [-0.05, 0) is 26.0 Å². The number of amides is 1. The Morgan fingerprint density at radius 3 is 2.62 bits per heavy atom. The number of halogens is 1. The molecule has 0 fully saturated rings. The minimum absolute atomic E-state index is 0.0879. The second-order valence-corrected chi connectivity index (χ2v) is 3.26. The largest absolute Gasteiger partial charge is 0.348 e. The lowest BCUT2D eigenvalue weighted by molar-refractivity contribution is 0.0937. The zero-order chi connectivity index (χ0) is 9.84. The molecule has 1 N–H and O–H groups in total. The fraction of sp³-hybridized carbons (Fsp3) is 0.375. The van der Waals surface area contributed by atoms with Gasteiger partial charge >= 0.3 is 0 Å². The highest BCUT2D eigenvalue weighted by molar-refractivity contribution is 6.29. The van der Waals surface area contributed by atoms with Crippen molar-refractivity contribution < 1.29 is 4.79 Å². The first kappa shape index (κ1) is 9.92. The first-order valence-corrected chi connectivity index (χ1v) is 4.27. The van der Waals surface area contributed by atoms with Crippen LogP contribution < -0.4 is 5.32 Å². The Hall–Kier alpha value is -1.16. The summed E-state index contributed by atoms with van der Waals surface area (Å²) >= 11 is 5.52. The van der Waals surface area contributed by atoms with E-state index in [0.717, 1.165) is 0 Å². The number of hydrogen-bond acceptors (Lipinski definition) is 3. The Balaban J connectivity index is 2.72. The number of hydrogen-bond donors (Lipinski definition) is 1. The summed E-state index contributed by atoms with van der Waals surface area (Å²) in [4.78, 5) is 11.3. The predicted octanol–water partition coefficient (Wildman–Crippen LogP) is 1.27. The van der Waals surface area contributed by atoms with Gasteiger partial charge in [-0.2, -0.15) is 0 Å². The summed E-state index contributed by atoms with van der Waals surface area (Å²) in [7, 11) is 0. The van der Waals surface area contributed by atoms with Crippen molar-refractivity contribution in [3.8, 4) is 0 Å². The molecule has 1 aromatic heterocycles. The molecule has 0 aromatic carbocycles. The maximum absolute atomic E-state index is 11.3. The van der Waals surface area contributed by atoms with E-state index in [4.69, 9.17) is 11.6 Å². The molecular weight excluding hydrogens is 190 g/mol. The first-order valence-electron chi connectivity index (χ1n) is 3.89. The maximum Gasteiger partial charge on any atom is 0.271 e. The molecule has 0 spiro atoms. The van der Waals surface area contributed by atoms with Gasteiger partial charge in [-0.1, -0.05) is 11.6 Å².